The topological polar surface area (TPSA) is 84.2 Å². The van der Waals surface area contributed by atoms with Crippen molar-refractivity contribution in [3.63, 3.8) is 0 Å². The third-order valence-corrected chi connectivity index (χ3v) is 6.32. The standard InChI is InChI=1S/C27H30N2O4/c1-6-19(24-15(4)20-13-17(26(30)32-7-2)9-11-22(20)28-24)25-16(5)21-14-18(27(31)33-8-3)10-12-23(21)29-25/h9-14,19,28-29H,6-8H2,1-5H3. The molecule has 0 aliphatic carbocycles. The van der Waals surface area contributed by atoms with Crippen LogP contribution in [-0.4, -0.2) is 35.1 Å². The highest BCUT2D eigenvalue weighted by atomic mass is 16.5. The molecule has 2 aromatic heterocycles. The van der Waals surface area contributed by atoms with E-state index in [2.05, 4.69) is 30.7 Å². The Morgan fingerprint density at radius 2 is 1.18 bits per heavy atom. The molecule has 0 bridgehead atoms. The van der Waals surface area contributed by atoms with Crippen molar-refractivity contribution in [3.05, 3.63) is 70.0 Å². The van der Waals surface area contributed by atoms with Crippen LogP contribution in [0.1, 0.15) is 76.3 Å². The van der Waals surface area contributed by atoms with Crippen molar-refractivity contribution in [2.45, 2.75) is 47.0 Å². The summed E-state index contributed by atoms with van der Waals surface area (Å²) in [5, 5.41) is 2.04. The largest absolute Gasteiger partial charge is 0.462 e. The number of carbonyl (C=O) groups is 2. The maximum Gasteiger partial charge on any atom is 0.338 e. The number of fused-ring (bicyclic) bond motifs is 2. The Kier molecular flexibility index (Phi) is 6.27. The number of carbonyl (C=O) groups excluding carboxylic acids is 2. The summed E-state index contributed by atoms with van der Waals surface area (Å²) < 4.78 is 10.3. The van der Waals surface area contributed by atoms with Gasteiger partial charge in [-0.2, -0.15) is 0 Å². The van der Waals surface area contributed by atoms with Gasteiger partial charge in [-0.3, -0.25) is 0 Å². The van der Waals surface area contributed by atoms with Crippen LogP contribution in [0, 0.1) is 13.8 Å². The molecule has 0 unspecified atom stereocenters. The molecule has 2 heterocycles. The third kappa shape index (κ3) is 4.01. The minimum atomic E-state index is -0.308. The Balaban J connectivity index is 1.78. The smallest absolute Gasteiger partial charge is 0.338 e. The first-order valence-corrected chi connectivity index (χ1v) is 11.5. The number of esters is 2. The Bertz CT molecular complexity index is 1240. The number of H-pyrrole nitrogens is 2. The van der Waals surface area contributed by atoms with Gasteiger partial charge in [0.25, 0.3) is 0 Å². The molecule has 33 heavy (non-hydrogen) atoms. The molecule has 0 aliphatic rings. The Labute approximate surface area is 193 Å². The normalized spacial score (nSPS) is 11.5. The van der Waals surface area contributed by atoms with Crippen molar-refractivity contribution in [3.8, 4) is 0 Å². The Morgan fingerprint density at radius 3 is 1.55 bits per heavy atom. The lowest BCUT2D eigenvalue weighted by molar-refractivity contribution is 0.0517. The van der Waals surface area contributed by atoms with Gasteiger partial charge in [0, 0.05) is 39.1 Å². The molecule has 0 spiro atoms. The third-order valence-electron chi connectivity index (χ3n) is 6.32. The first kappa shape index (κ1) is 22.6. The van der Waals surface area contributed by atoms with Gasteiger partial charge in [0.2, 0.25) is 0 Å². The van der Waals surface area contributed by atoms with E-state index in [1.165, 1.54) is 0 Å². The lowest BCUT2D eigenvalue weighted by Crippen LogP contribution is -2.04. The molecule has 6 nitrogen and oxygen atoms in total. The predicted molar refractivity (Wildman–Crippen MR) is 130 cm³/mol. The van der Waals surface area contributed by atoms with E-state index in [1.54, 1.807) is 26.0 Å². The van der Waals surface area contributed by atoms with Crippen molar-refractivity contribution >= 4 is 33.7 Å². The molecule has 2 N–H and O–H groups in total. The van der Waals surface area contributed by atoms with Crippen LogP contribution in [-0.2, 0) is 9.47 Å². The van der Waals surface area contributed by atoms with E-state index in [9.17, 15) is 9.59 Å². The maximum absolute atomic E-state index is 12.2. The van der Waals surface area contributed by atoms with Crippen LogP contribution in [0.5, 0.6) is 0 Å². The number of ether oxygens (including phenoxy) is 2. The minimum absolute atomic E-state index is 0.113. The summed E-state index contributed by atoms with van der Waals surface area (Å²) in [5.74, 6) is -0.503. The summed E-state index contributed by atoms with van der Waals surface area (Å²) in [6.07, 6.45) is 0.886. The molecule has 0 fully saturated rings. The lowest BCUT2D eigenvalue weighted by Gasteiger charge is -2.15. The van der Waals surface area contributed by atoms with Gasteiger partial charge in [0.05, 0.1) is 24.3 Å². The molecule has 0 saturated heterocycles. The number of aromatic amines is 2. The second-order valence-corrected chi connectivity index (χ2v) is 8.25. The second-order valence-electron chi connectivity index (χ2n) is 8.25. The fraction of sp³-hybridized carbons (Fsp3) is 0.333. The summed E-state index contributed by atoms with van der Waals surface area (Å²) in [5.41, 5.74) is 7.57. The van der Waals surface area contributed by atoms with Crippen molar-refractivity contribution < 1.29 is 19.1 Å². The highest BCUT2D eigenvalue weighted by molar-refractivity contribution is 5.97. The molecular formula is C27H30N2O4. The highest BCUT2D eigenvalue weighted by Gasteiger charge is 2.23. The van der Waals surface area contributed by atoms with Crippen LogP contribution >= 0.6 is 0 Å². The second kappa shape index (κ2) is 9.14. The maximum atomic E-state index is 12.2. The molecule has 4 aromatic rings. The van der Waals surface area contributed by atoms with Gasteiger partial charge in [-0.05, 0) is 81.6 Å². The van der Waals surface area contributed by atoms with Gasteiger partial charge < -0.3 is 19.4 Å². The average molecular weight is 447 g/mol. The van der Waals surface area contributed by atoms with E-state index in [0.717, 1.165) is 50.7 Å². The van der Waals surface area contributed by atoms with E-state index in [4.69, 9.17) is 9.47 Å². The molecule has 6 heteroatoms. The van der Waals surface area contributed by atoms with Crippen molar-refractivity contribution in [1.82, 2.24) is 9.97 Å². The monoisotopic (exact) mass is 446 g/mol. The SMILES string of the molecule is CCOC(=O)c1ccc2[nH]c(C(CC)c3[nH]c4ccc(C(=O)OCC)cc4c3C)c(C)c2c1. The summed E-state index contributed by atoms with van der Waals surface area (Å²) >= 11 is 0. The van der Waals surface area contributed by atoms with E-state index < -0.39 is 0 Å². The van der Waals surface area contributed by atoms with E-state index in [1.807, 2.05) is 24.3 Å². The number of rotatable bonds is 7. The molecule has 0 aliphatic heterocycles. The first-order chi connectivity index (χ1) is 15.9. The van der Waals surface area contributed by atoms with Crippen LogP contribution in [0.25, 0.3) is 21.8 Å². The van der Waals surface area contributed by atoms with Crippen LogP contribution < -0.4 is 0 Å². The number of hydrogen-bond donors (Lipinski definition) is 2. The summed E-state index contributed by atoms with van der Waals surface area (Å²) in [7, 11) is 0. The van der Waals surface area contributed by atoms with Gasteiger partial charge in [0.15, 0.2) is 0 Å². The lowest BCUT2D eigenvalue weighted by atomic mass is 9.92. The molecule has 4 rings (SSSR count). The molecular weight excluding hydrogens is 416 g/mol. The van der Waals surface area contributed by atoms with Crippen molar-refractivity contribution in [2.75, 3.05) is 13.2 Å². The number of aryl methyl sites for hydroxylation is 2. The fourth-order valence-corrected chi connectivity index (χ4v) is 4.63. The van der Waals surface area contributed by atoms with Crippen LogP contribution in [0.2, 0.25) is 0 Å². The number of benzene rings is 2. The van der Waals surface area contributed by atoms with Gasteiger partial charge in [0.1, 0.15) is 0 Å². The summed E-state index contributed by atoms with van der Waals surface area (Å²) in [6.45, 7) is 10.6. The predicted octanol–water partition coefficient (Wildman–Crippen LogP) is 6.16. The molecule has 0 amide bonds. The molecule has 0 saturated carbocycles. The molecule has 0 radical (unpaired) electrons. The quantitative estimate of drug-likeness (QED) is 0.333. The van der Waals surface area contributed by atoms with Crippen LogP contribution in [0.3, 0.4) is 0 Å². The van der Waals surface area contributed by atoms with Crippen molar-refractivity contribution in [2.24, 2.45) is 0 Å². The Morgan fingerprint density at radius 1 is 0.758 bits per heavy atom. The molecule has 172 valence electrons. The molecule has 2 aromatic carbocycles. The average Bonchev–Trinajstić information content (AvgIpc) is 3.31. The van der Waals surface area contributed by atoms with E-state index in [-0.39, 0.29) is 17.9 Å². The van der Waals surface area contributed by atoms with E-state index in [0.29, 0.717) is 24.3 Å². The molecule has 0 atom stereocenters. The number of nitrogens with one attached hydrogen (secondary N) is 2. The zero-order chi connectivity index (χ0) is 23.7. The Hall–Kier alpha value is -3.54. The minimum Gasteiger partial charge on any atom is -0.462 e. The zero-order valence-electron chi connectivity index (χ0n) is 19.8. The van der Waals surface area contributed by atoms with Gasteiger partial charge >= 0.3 is 11.9 Å². The van der Waals surface area contributed by atoms with E-state index >= 15 is 0 Å². The number of aromatic nitrogens is 2. The summed E-state index contributed by atoms with van der Waals surface area (Å²) in [4.78, 5) is 31.6. The van der Waals surface area contributed by atoms with Gasteiger partial charge in [-0.25, -0.2) is 9.59 Å². The van der Waals surface area contributed by atoms with Crippen molar-refractivity contribution in [1.29, 1.82) is 0 Å². The fourth-order valence-electron chi connectivity index (χ4n) is 4.63. The highest BCUT2D eigenvalue weighted by Crippen LogP contribution is 2.37. The van der Waals surface area contributed by atoms with Crippen LogP contribution in [0.15, 0.2) is 36.4 Å². The summed E-state index contributed by atoms with van der Waals surface area (Å²) in [6, 6.07) is 11.3. The number of hydrogen-bond acceptors (Lipinski definition) is 4. The van der Waals surface area contributed by atoms with Gasteiger partial charge in [-0.1, -0.05) is 6.92 Å². The van der Waals surface area contributed by atoms with Crippen LogP contribution in [0.4, 0.5) is 0 Å². The zero-order valence-corrected chi connectivity index (χ0v) is 19.8. The van der Waals surface area contributed by atoms with Gasteiger partial charge in [-0.15, -0.1) is 0 Å². The first-order valence-electron chi connectivity index (χ1n) is 11.5.